The first-order valence-electron chi connectivity index (χ1n) is 9.98. The number of rotatable bonds is 7. The molecule has 170 valence electrons. The fraction of sp³-hybridized carbons (Fsp3) is 0.304. The van der Waals surface area contributed by atoms with Gasteiger partial charge in [-0.25, -0.2) is 4.98 Å². The Hall–Kier alpha value is -2.32. The monoisotopic (exact) mass is 493 g/mol. The fourth-order valence-electron chi connectivity index (χ4n) is 3.47. The van der Waals surface area contributed by atoms with E-state index >= 15 is 0 Å². The number of para-hydroxylation sites is 1. The molecule has 9 heteroatoms. The van der Waals surface area contributed by atoms with Crippen molar-refractivity contribution in [2.75, 3.05) is 39.2 Å². The standard InChI is InChI=1S/C23H24ClN3O3S.ClH/c1-14-9-10-16(24)21-19(14)25-23(31-21)27(12-6-11-26(2)3)22(28)18-13-15-7-5-8-17(29-4)20(15)30-18;/h5,7-10,13H,6,11-12H2,1-4H3;1H. The lowest BCUT2D eigenvalue weighted by atomic mass is 10.2. The number of carbonyl (C=O) groups excluding carboxylic acids is 1. The zero-order valence-corrected chi connectivity index (χ0v) is 20.7. The average Bonchev–Trinajstić information content (AvgIpc) is 3.38. The molecule has 0 radical (unpaired) electrons. The summed E-state index contributed by atoms with van der Waals surface area (Å²) in [6.07, 6.45) is 0.797. The number of methoxy groups -OCH3 is 1. The zero-order valence-electron chi connectivity index (χ0n) is 18.3. The molecule has 2 heterocycles. The first-order valence-corrected chi connectivity index (χ1v) is 11.2. The third-order valence-corrected chi connectivity index (χ3v) is 6.63. The molecule has 0 spiro atoms. The normalized spacial score (nSPS) is 11.2. The van der Waals surface area contributed by atoms with Crippen LogP contribution in [0.3, 0.4) is 0 Å². The third-order valence-electron chi connectivity index (χ3n) is 5.09. The summed E-state index contributed by atoms with van der Waals surface area (Å²) in [6.45, 7) is 3.36. The maximum absolute atomic E-state index is 13.5. The number of nitrogens with zero attached hydrogens (tertiary/aromatic N) is 3. The Balaban J connectivity index is 0.00000289. The predicted octanol–water partition coefficient (Wildman–Crippen LogP) is 6.03. The molecule has 2 aromatic carbocycles. The second-order valence-electron chi connectivity index (χ2n) is 7.64. The van der Waals surface area contributed by atoms with Crippen LogP contribution in [0.25, 0.3) is 21.2 Å². The van der Waals surface area contributed by atoms with Crippen molar-refractivity contribution in [1.29, 1.82) is 0 Å². The molecule has 0 bridgehead atoms. The highest BCUT2D eigenvalue weighted by atomic mass is 35.5. The number of halogens is 2. The van der Waals surface area contributed by atoms with E-state index in [-0.39, 0.29) is 24.1 Å². The third kappa shape index (κ3) is 4.71. The highest BCUT2D eigenvalue weighted by Gasteiger charge is 2.25. The minimum atomic E-state index is -0.232. The number of fused-ring (bicyclic) bond motifs is 2. The zero-order chi connectivity index (χ0) is 22.1. The Bertz CT molecular complexity index is 1210. The van der Waals surface area contributed by atoms with Gasteiger partial charge in [-0.2, -0.15) is 0 Å². The molecule has 1 amide bonds. The van der Waals surface area contributed by atoms with Gasteiger partial charge in [0.15, 0.2) is 22.2 Å². The van der Waals surface area contributed by atoms with E-state index < -0.39 is 0 Å². The van der Waals surface area contributed by atoms with Crippen LogP contribution in [0.4, 0.5) is 5.13 Å². The molecule has 4 rings (SSSR count). The van der Waals surface area contributed by atoms with Gasteiger partial charge in [-0.15, -0.1) is 12.4 Å². The second-order valence-corrected chi connectivity index (χ2v) is 9.03. The molecule has 0 unspecified atom stereocenters. The molecular formula is C23H25Cl2N3O3S. The number of benzene rings is 2. The van der Waals surface area contributed by atoms with E-state index in [4.69, 9.17) is 25.7 Å². The van der Waals surface area contributed by atoms with Crippen LogP contribution in [0.15, 0.2) is 40.8 Å². The summed E-state index contributed by atoms with van der Waals surface area (Å²) in [4.78, 5) is 22.1. The summed E-state index contributed by atoms with van der Waals surface area (Å²) in [6, 6.07) is 11.1. The number of thiazole rings is 1. The summed E-state index contributed by atoms with van der Waals surface area (Å²) in [5.74, 6) is 0.620. The average molecular weight is 494 g/mol. The number of hydrogen-bond donors (Lipinski definition) is 0. The summed E-state index contributed by atoms with van der Waals surface area (Å²) in [5, 5.41) is 2.07. The summed E-state index contributed by atoms with van der Waals surface area (Å²) in [7, 11) is 5.61. The second kappa shape index (κ2) is 10.1. The van der Waals surface area contributed by atoms with E-state index in [0.29, 0.717) is 28.0 Å². The summed E-state index contributed by atoms with van der Waals surface area (Å²) >= 11 is 7.83. The number of furan rings is 1. The van der Waals surface area contributed by atoms with Crippen LogP contribution in [0.2, 0.25) is 5.02 Å². The Morgan fingerprint density at radius 2 is 2.00 bits per heavy atom. The maximum Gasteiger partial charge on any atom is 0.295 e. The Labute approximate surface area is 202 Å². The van der Waals surface area contributed by atoms with Gasteiger partial charge in [-0.3, -0.25) is 9.69 Å². The van der Waals surface area contributed by atoms with Gasteiger partial charge in [0.1, 0.15) is 0 Å². The first kappa shape index (κ1) is 24.3. The van der Waals surface area contributed by atoms with Crippen molar-refractivity contribution >= 4 is 67.6 Å². The summed E-state index contributed by atoms with van der Waals surface area (Å²) in [5.41, 5.74) is 2.41. The Kier molecular flexibility index (Phi) is 7.67. The van der Waals surface area contributed by atoms with E-state index in [2.05, 4.69) is 4.90 Å². The van der Waals surface area contributed by atoms with Gasteiger partial charge in [0.05, 0.1) is 22.3 Å². The molecule has 0 fully saturated rings. The molecule has 6 nitrogen and oxygen atoms in total. The van der Waals surface area contributed by atoms with Crippen molar-refractivity contribution in [3.8, 4) is 5.75 Å². The molecule has 2 aromatic heterocycles. The van der Waals surface area contributed by atoms with Crippen LogP contribution < -0.4 is 9.64 Å². The molecule has 0 saturated carbocycles. The molecule has 32 heavy (non-hydrogen) atoms. The van der Waals surface area contributed by atoms with Gasteiger partial charge >= 0.3 is 0 Å². The number of aryl methyl sites for hydroxylation is 1. The van der Waals surface area contributed by atoms with E-state index in [0.717, 1.165) is 34.1 Å². The van der Waals surface area contributed by atoms with Crippen LogP contribution in [0, 0.1) is 6.92 Å². The quantitative estimate of drug-likeness (QED) is 0.314. The van der Waals surface area contributed by atoms with Crippen molar-refractivity contribution in [2.24, 2.45) is 0 Å². The molecule has 0 atom stereocenters. The lowest BCUT2D eigenvalue weighted by Gasteiger charge is -2.19. The largest absolute Gasteiger partial charge is 0.493 e. The molecular weight excluding hydrogens is 469 g/mol. The number of aromatic nitrogens is 1. The topological polar surface area (TPSA) is 58.8 Å². The van der Waals surface area contributed by atoms with Crippen molar-refractivity contribution in [3.05, 3.63) is 52.7 Å². The highest BCUT2D eigenvalue weighted by Crippen LogP contribution is 2.37. The first-order chi connectivity index (χ1) is 14.9. The van der Waals surface area contributed by atoms with Gasteiger partial charge < -0.3 is 14.1 Å². The molecule has 0 aliphatic rings. The van der Waals surface area contributed by atoms with Crippen LogP contribution in [0.1, 0.15) is 22.5 Å². The molecule has 4 aromatic rings. The van der Waals surface area contributed by atoms with Crippen LogP contribution >= 0.6 is 35.3 Å². The predicted molar refractivity (Wildman–Crippen MR) is 134 cm³/mol. The van der Waals surface area contributed by atoms with Crippen molar-refractivity contribution in [2.45, 2.75) is 13.3 Å². The number of carbonyl (C=O) groups is 1. The lowest BCUT2D eigenvalue weighted by molar-refractivity contribution is 0.0961. The minimum absolute atomic E-state index is 0. The van der Waals surface area contributed by atoms with E-state index in [1.165, 1.54) is 11.3 Å². The number of ether oxygens (including phenoxy) is 1. The van der Waals surface area contributed by atoms with Crippen molar-refractivity contribution in [1.82, 2.24) is 9.88 Å². The number of anilines is 1. The van der Waals surface area contributed by atoms with Crippen LogP contribution in [-0.2, 0) is 0 Å². The number of amides is 1. The smallest absolute Gasteiger partial charge is 0.295 e. The summed E-state index contributed by atoms with van der Waals surface area (Å²) < 4.78 is 12.2. The van der Waals surface area contributed by atoms with Gasteiger partial charge in [0.25, 0.3) is 5.91 Å². The van der Waals surface area contributed by atoms with Crippen molar-refractivity contribution < 1.29 is 13.9 Å². The fourth-order valence-corrected chi connectivity index (χ4v) is 4.81. The molecule has 0 N–H and O–H groups in total. The van der Waals surface area contributed by atoms with Crippen LogP contribution in [-0.4, -0.2) is 50.1 Å². The van der Waals surface area contributed by atoms with Gasteiger partial charge in [0.2, 0.25) is 0 Å². The van der Waals surface area contributed by atoms with Gasteiger partial charge in [0, 0.05) is 11.9 Å². The van der Waals surface area contributed by atoms with E-state index in [9.17, 15) is 4.79 Å². The Morgan fingerprint density at radius 3 is 2.69 bits per heavy atom. The van der Waals surface area contributed by atoms with Gasteiger partial charge in [-0.05, 0) is 57.7 Å². The number of hydrogen-bond acceptors (Lipinski definition) is 6. The van der Waals surface area contributed by atoms with Crippen LogP contribution in [0.5, 0.6) is 5.75 Å². The minimum Gasteiger partial charge on any atom is -0.493 e. The molecule has 0 aliphatic heterocycles. The van der Waals surface area contributed by atoms with E-state index in [1.54, 1.807) is 18.1 Å². The molecule has 0 saturated heterocycles. The lowest BCUT2D eigenvalue weighted by Crippen LogP contribution is -2.33. The highest BCUT2D eigenvalue weighted by molar-refractivity contribution is 7.23. The molecule has 0 aliphatic carbocycles. The SMILES string of the molecule is COc1cccc2cc(C(=O)N(CCCN(C)C)c3nc4c(C)ccc(Cl)c4s3)oc12.Cl. The van der Waals surface area contributed by atoms with Crippen molar-refractivity contribution in [3.63, 3.8) is 0 Å². The van der Waals surface area contributed by atoms with E-state index in [1.807, 2.05) is 51.4 Å². The maximum atomic E-state index is 13.5. The Morgan fingerprint density at radius 1 is 1.22 bits per heavy atom. The van der Waals surface area contributed by atoms with Gasteiger partial charge in [-0.1, -0.05) is 41.1 Å².